The molecule has 8 heteroatoms. The van der Waals surface area contributed by atoms with Crippen LogP contribution in [0.1, 0.15) is 50.1 Å². The van der Waals surface area contributed by atoms with E-state index in [4.69, 9.17) is 14.4 Å². The molecule has 1 saturated heterocycles. The highest BCUT2D eigenvalue weighted by molar-refractivity contribution is 5.94. The van der Waals surface area contributed by atoms with E-state index in [0.29, 0.717) is 18.0 Å². The molecule has 4 rings (SSSR count). The summed E-state index contributed by atoms with van der Waals surface area (Å²) in [5, 5.41) is 14.3. The molecule has 8 nitrogen and oxygen atoms in total. The summed E-state index contributed by atoms with van der Waals surface area (Å²) in [5.41, 5.74) is 3.66. The molecular formula is C22H28N4O4. The number of amides is 1. The lowest BCUT2D eigenvalue weighted by Gasteiger charge is -2.29. The van der Waals surface area contributed by atoms with Crippen LogP contribution in [0, 0.1) is 12.8 Å². The Morgan fingerprint density at radius 3 is 2.70 bits per heavy atom. The van der Waals surface area contributed by atoms with Gasteiger partial charge in [0.05, 0.1) is 17.8 Å². The summed E-state index contributed by atoms with van der Waals surface area (Å²) in [6.45, 7) is 7.89. The highest BCUT2D eigenvalue weighted by atomic mass is 16.7. The smallest absolute Gasteiger partial charge is 0.234 e. The van der Waals surface area contributed by atoms with E-state index in [1.165, 1.54) is 0 Å². The quantitative estimate of drug-likeness (QED) is 0.783. The fourth-order valence-corrected chi connectivity index (χ4v) is 4.20. The number of hydrogen-bond acceptors (Lipinski definition) is 7. The van der Waals surface area contributed by atoms with E-state index in [2.05, 4.69) is 10.6 Å². The lowest BCUT2D eigenvalue weighted by molar-refractivity contribution is -0.134. The second-order valence-corrected chi connectivity index (χ2v) is 8.54. The van der Waals surface area contributed by atoms with Gasteiger partial charge in [0.25, 0.3) is 0 Å². The Bertz CT molecular complexity index is 942. The number of carbonyl (C=O) groups excluding carboxylic acids is 1. The number of nitrogens with zero attached hydrogens (tertiary/aromatic N) is 3. The molecule has 4 atom stereocenters. The molecule has 0 bridgehead atoms. The summed E-state index contributed by atoms with van der Waals surface area (Å²) in [6.07, 6.45) is -0.234. The molecule has 1 fully saturated rings. The highest BCUT2D eigenvalue weighted by Crippen LogP contribution is 2.34. The van der Waals surface area contributed by atoms with Gasteiger partial charge < -0.3 is 14.5 Å². The monoisotopic (exact) mass is 412 g/mol. The molecule has 2 aliphatic rings. The minimum absolute atomic E-state index is 0.00699. The van der Waals surface area contributed by atoms with E-state index in [1.54, 1.807) is 11.0 Å². The molecule has 1 aromatic heterocycles. The van der Waals surface area contributed by atoms with E-state index in [9.17, 15) is 9.90 Å². The highest BCUT2D eigenvalue weighted by Gasteiger charge is 2.45. The third-order valence-electron chi connectivity index (χ3n) is 5.76. The molecule has 1 unspecified atom stereocenters. The van der Waals surface area contributed by atoms with E-state index in [0.717, 1.165) is 11.3 Å². The van der Waals surface area contributed by atoms with E-state index in [-0.39, 0.29) is 18.4 Å². The third-order valence-corrected chi connectivity index (χ3v) is 5.76. The van der Waals surface area contributed by atoms with Gasteiger partial charge >= 0.3 is 0 Å². The number of β-amino-alcohol motifs (C(OH)–C–C–N with tert-alkyl or cyclic N) is 1. The van der Waals surface area contributed by atoms with Gasteiger partial charge in [0.2, 0.25) is 11.6 Å². The van der Waals surface area contributed by atoms with Gasteiger partial charge in [-0.1, -0.05) is 49.3 Å². The number of carbonyl (C=O) groups is 1. The Labute approximate surface area is 175 Å². The van der Waals surface area contributed by atoms with Crippen molar-refractivity contribution in [3.05, 3.63) is 53.4 Å². The normalized spacial score (nSPS) is 27.3. The van der Waals surface area contributed by atoms with Crippen molar-refractivity contribution in [2.45, 2.75) is 57.9 Å². The number of aryl methyl sites for hydroxylation is 1. The first-order chi connectivity index (χ1) is 14.3. The predicted octanol–water partition coefficient (Wildman–Crippen LogP) is 2.49. The summed E-state index contributed by atoms with van der Waals surface area (Å²) in [5.74, 6) is 0.498. The number of aliphatic imine (C=N–C) groups is 1. The number of hydrogen-bond donors (Lipinski definition) is 2. The molecule has 0 saturated carbocycles. The van der Waals surface area contributed by atoms with Crippen molar-refractivity contribution in [3.63, 3.8) is 0 Å². The molecule has 1 amide bonds. The fourth-order valence-electron chi connectivity index (χ4n) is 4.20. The van der Waals surface area contributed by atoms with Crippen molar-refractivity contribution >= 4 is 11.7 Å². The molecular weight excluding hydrogens is 384 g/mol. The van der Waals surface area contributed by atoms with Gasteiger partial charge in [0.1, 0.15) is 17.5 Å². The molecule has 2 N–H and O–H groups in total. The van der Waals surface area contributed by atoms with Gasteiger partial charge in [-0.25, -0.2) is 15.3 Å². The summed E-state index contributed by atoms with van der Waals surface area (Å²) in [7, 11) is 0. The van der Waals surface area contributed by atoms with Gasteiger partial charge in [-0.2, -0.15) is 0 Å². The second kappa shape index (κ2) is 7.85. The fraction of sp³-hybridized carbons (Fsp3) is 0.500. The zero-order valence-electron chi connectivity index (χ0n) is 17.7. The molecule has 2 aliphatic heterocycles. The Morgan fingerprint density at radius 1 is 1.33 bits per heavy atom. The minimum atomic E-state index is -0.891. The number of aliphatic hydroxyl groups excluding tert-OH is 1. The number of hydroxylamine groups is 1. The Balaban J connectivity index is 1.62. The van der Waals surface area contributed by atoms with Crippen LogP contribution in [0.5, 0.6) is 0 Å². The van der Waals surface area contributed by atoms with Crippen molar-refractivity contribution < 1.29 is 19.3 Å². The number of benzene rings is 1. The SMILES string of the molecule is Cc1cc([C@H](C(=O)N2C[C@H](O)C[C@H]2C2=NC(C)(c3ccccc3)ON2)C(C)C)on1. The van der Waals surface area contributed by atoms with E-state index in [1.807, 2.05) is 58.0 Å². The van der Waals surface area contributed by atoms with Crippen LogP contribution in [0.3, 0.4) is 0 Å². The predicted molar refractivity (Wildman–Crippen MR) is 110 cm³/mol. The molecule has 3 heterocycles. The van der Waals surface area contributed by atoms with Gasteiger partial charge in [-0.15, -0.1) is 0 Å². The van der Waals surface area contributed by atoms with Crippen LogP contribution in [-0.2, 0) is 15.4 Å². The van der Waals surface area contributed by atoms with Crippen LogP contribution in [0.2, 0.25) is 0 Å². The van der Waals surface area contributed by atoms with Crippen molar-refractivity contribution in [1.82, 2.24) is 15.5 Å². The third kappa shape index (κ3) is 3.73. The minimum Gasteiger partial charge on any atom is -0.391 e. The molecule has 0 aliphatic carbocycles. The van der Waals surface area contributed by atoms with Crippen LogP contribution < -0.4 is 5.48 Å². The molecule has 0 spiro atoms. The first-order valence-electron chi connectivity index (χ1n) is 10.3. The van der Waals surface area contributed by atoms with Gasteiger partial charge in [0.15, 0.2) is 0 Å². The Morgan fingerprint density at radius 2 is 2.07 bits per heavy atom. The van der Waals surface area contributed by atoms with E-state index < -0.39 is 23.8 Å². The second-order valence-electron chi connectivity index (χ2n) is 8.54. The van der Waals surface area contributed by atoms with Crippen LogP contribution in [0.4, 0.5) is 0 Å². The number of likely N-dealkylation sites (tertiary alicyclic amines) is 1. The van der Waals surface area contributed by atoms with Crippen molar-refractivity contribution in [3.8, 4) is 0 Å². The summed E-state index contributed by atoms with van der Waals surface area (Å²) in [6, 6.07) is 11.1. The van der Waals surface area contributed by atoms with Crippen molar-refractivity contribution in [2.24, 2.45) is 10.9 Å². The van der Waals surface area contributed by atoms with Gasteiger partial charge in [0, 0.05) is 24.6 Å². The molecule has 1 aromatic carbocycles. The topological polar surface area (TPSA) is 100 Å². The van der Waals surface area contributed by atoms with Crippen LogP contribution in [-0.4, -0.2) is 45.6 Å². The number of amidine groups is 1. The molecule has 2 aromatic rings. The maximum Gasteiger partial charge on any atom is 0.234 e. The van der Waals surface area contributed by atoms with Crippen LogP contribution in [0.25, 0.3) is 0 Å². The molecule has 30 heavy (non-hydrogen) atoms. The first-order valence-corrected chi connectivity index (χ1v) is 10.3. The lowest BCUT2D eigenvalue weighted by Crippen LogP contribution is -2.46. The zero-order valence-corrected chi connectivity index (χ0v) is 17.7. The largest absolute Gasteiger partial charge is 0.391 e. The number of rotatable bonds is 5. The van der Waals surface area contributed by atoms with Crippen molar-refractivity contribution in [2.75, 3.05) is 6.54 Å². The number of aromatic nitrogens is 1. The maximum absolute atomic E-state index is 13.5. The number of aliphatic hydroxyl groups is 1. The van der Waals surface area contributed by atoms with Crippen LogP contribution >= 0.6 is 0 Å². The first kappa shape index (κ1) is 20.6. The lowest BCUT2D eigenvalue weighted by atomic mass is 9.91. The standard InChI is InChI=1S/C22H28N4O4/c1-13(2)19(18-10-14(3)24-29-18)21(28)26-12-16(27)11-17(26)20-23-22(4,30-25-20)15-8-6-5-7-9-15/h5-10,13,16-17,19,27H,11-12H2,1-4H3,(H,23,25)/t16-,17+,19-,22?/m1/s1. The summed E-state index contributed by atoms with van der Waals surface area (Å²) >= 11 is 0. The van der Waals surface area contributed by atoms with Gasteiger partial charge in [-0.3, -0.25) is 4.79 Å². The zero-order chi connectivity index (χ0) is 21.5. The van der Waals surface area contributed by atoms with Crippen LogP contribution in [0.15, 0.2) is 45.9 Å². The summed E-state index contributed by atoms with van der Waals surface area (Å²) in [4.78, 5) is 25.8. The summed E-state index contributed by atoms with van der Waals surface area (Å²) < 4.78 is 5.42. The van der Waals surface area contributed by atoms with Gasteiger partial charge in [-0.05, 0) is 19.8 Å². The molecule has 0 radical (unpaired) electrons. The van der Waals surface area contributed by atoms with Crippen molar-refractivity contribution in [1.29, 1.82) is 0 Å². The van der Waals surface area contributed by atoms with E-state index >= 15 is 0 Å². The Hall–Kier alpha value is -2.71. The average Bonchev–Trinajstić information content (AvgIpc) is 3.41. The molecule has 160 valence electrons. The maximum atomic E-state index is 13.5. The number of nitrogens with one attached hydrogen (secondary N) is 1. The average molecular weight is 412 g/mol. The Kier molecular flexibility index (Phi) is 5.38.